The Morgan fingerprint density at radius 1 is 1.16 bits per heavy atom. The van der Waals surface area contributed by atoms with Crippen LogP contribution in [-0.4, -0.2) is 44.1 Å². The smallest absolute Gasteiger partial charge is 0.223 e. The van der Waals surface area contributed by atoms with Crippen molar-refractivity contribution in [3.8, 4) is 0 Å². The van der Waals surface area contributed by atoms with Crippen molar-refractivity contribution in [1.82, 2.24) is 5.32 Å². The third-order valence-electron chi connectivity index (χ3n) is 5.79. The van der Waals surface area contributed by atoms with Crippen LogP contribution >= 0.6 is 0 Å². The van der Waals surface area contributed by atoms with E-state index in [0.29, 0.717) is 0 Å². The first-order valence-electron chi connectivity index (χ1n) is 14.0. The zero-order valence-corrected chi connectivity index (χ0v) is 25.2. The molecule has 0 aromatic heterocycles. The molecule has 2 N–H and O–H groups in total. The zero-order valence-electron chi connectivity index (χ0n) is 25.2. The molecule has 0 saturated carbocycles. The average molecular weight is 525 g/mol. The van der Waals surface area contributed by atoms with E-state index in [-0.39, 0.29) is 11.8 Å². The Balaban J connectivity index is 0.000000560. The highest BCUT2D eigenvalue weighted by Crippen LogP contribution is 2.14. The topological polar surface area (TPSA) is 75.1 Å². The molecule has 1 aromatic carbocycles. The Kier molecular flexibility index (Phi) is 20.3. The highest BCUT2D eigenvalue weighted by atomic mass is 16.5. The van der Waals surface area contributed by atoms with Crippen LogP contribution in [0.1, 0.15) is 79.2 Å². The minimum atomic E-state index is 0.210. The van der Waals surface area contributed by atoms with E-state index >= 15 is 0 Å². The SMILES string of the molecule is C=C(C)N=C1C=CN=C(C)/C1=C/C.CCCC(CCC)C(=O)NCCCOCC.CNc1ccccc1C. The van der Waals surface area contributed by atoms with Gasteiger partial charge in [0.05, 0.1) is 5.71 Å². The second-order valence-corrected chi connectivity index (χ2v) is 9.15. The first-order chi connectivity index (χ1) is 18.2. The molecule has 0 unspecified atom stereocenters. The zero-order chi connectivity index (χ0) is 28.8. The number of carbonyl (C=O) groups excluding carboxylic acids is 1. The van der Waals surface area contributed by atoms with Crippen LogP contribution in [0.25, 0.3) is 0 Å². The Morgan fingerprint density at radius 2 is 1.82 bits per heavy atom. The molecule has 1 aromatic rings. The van der Waals surface area contributed by atoms with Gasteiger partial charge in [-0.05, 0) is 71.6 Å². The Hall–Kier alpha value is -2.99. The molecule has 1 aliphatic heterocycles. The minimum Gasteiger partial charge on any atom is -0.388 e. The van der Waals surface area contributed by atoms with Gasteiger partial charge in [-0.2, -0.15) is 0 Å². The van der Waals surface area contributed by atoms with Crippen LogP contribution in [0.5, 0.6) is 0 Å². The molecule has 0 aliphatic carbocycles. The largest absolute Gasteiger partial charge is 0.388 e. The maximum absolute atomic E-state index is 11.8. The number of benzene rings is 1. The number of amides is 1. The third kappa shape index (κ3) is 15.3. The summed E-state index contributed by atoms with van der Waals surface area (Å²) in [5.41, 5.74) is 6.35. The Morgan fingerprint density at radius 3 is 2.32 bits per heavy atom. The van der Waals surface area contributed by atoms with Crippen molar-refractivity contribution in [2.75, 3.05) is 32.1 Å². The molecule has 1 amide bonds. The number of para-hydroxylation sites is 1. The molecular weight excluding hydrogens is 472 g/mol. The van der Waals surface area contributed by atoms with Crippen LogP contribution in [0.4, 0.5) is 5.69 Å². The van der Waals surface area contributed by atoms with Gasteiger partial charge in [-0.1, -0.05) is 57.5 Å². The number of anilines is 1. The van der Waals surface area contributed by atoms with Gasteiger partial charge in [-0.15, -0.1) is 0 Å². The first kappa shape index (κ1) is 35.0. The second kappa shape index (κ2) is 22.0. The number of aliphatic imine (C=N–C) groups is 2. The molecule has 6 nitrogen and oxygen atoms in total. The monoisotopic (exact) mass is 524 g/mol. The Labute approximate surface area is 232 Å². The molecule has 0 atom stereocenters. The lowest BCUT2D eigenvalue weighted by Crippen LogP contribution is -2.31. The molecule has 0 fully saturated rings. The van der Waals surface area contributed by atoms with E-state index in [1.165, 1.54) is 11.3 Å². The summed E-state index contributed by atoms with van der Waals surface area (Å²) in [5.74, 6) is 0.433. The lowest BCUT2D eigenvalue weighted by molar-refractivity contribution is -0.125. The van der Waals surface area contributed by atoms with Crippen LogP contribution in [0.2, 0.25) is 0 Å². The van der Waals surface area contributed by atoms with Crippen molar-refractivity contribution >= 4 is 23.0 Å². The van der Waals surface area contributed by atoms with E-state index in [0.717, 1.165) is 74.6 Å². The number of nitrogens with one attached hydrogen (secondary N) is 2. The quantitative estimate of drug-likeness (QED) is 0.275. The summed E-state index contributed by atoms with van der Waals surface area (Å²) in [6, 6.07) is 8.22. The summed E-state index contributed by atoms with van der Waals surface area (Å²) in [6.07, 6.45) is 10.8. The van der Waals surface area contributed by atoms with Crippen molar-refractivity contribution in [3.05, 3.63) is 66.0 Å². The number of allylic oxidation sites excluding steroid dienone is 4. The van der Waals surface area contributed by atoms with Gasteiger partial charge < -0.3 is 15.4 Å². The van der Waals surface area contributed by atoms with Crippen molar-refractivity contribution in [2.24, 2.45) is 15.9 Å². The van der Waals surface area contributed by atoms with E-state index in [2.05, 4.69) is 60.1 Å². The van der Waals surface area contributed by atoms with Crippen molar-refractivity contribution in [2.45, 2.75) is 80.6 Å². The fourth-order valence-corrected chi connectivity index (χ4v) is 3.86. The molecule has 0 radical (unpaired) electrons. The van der Waals surface area contributed by atoms with E-state index < -0.39 is 0 Å². The minimum absolute atomic E-state index is 0.210. The normalized spacial score (nSPS) is 14.3. The lowest BCUT2D eigenvalue weighted by atomic mass is 9.97. The second-order valence-electron chi connectivity index (χ2n) is 9.15. The summed E-state index contributed by atoms with van der Waals surface area (Å²) in [7, 11) is 1.93. The van der Waals surface area contributed by atoms with E-state index in [9.17, 15) is 4.79 Å². The van der Waals surface area contributed by atoms with Gasteiger partial charge in [0.2, 0.25) is 5.91 Å². The number of carbonyl (C=O) groups is 1. The number of hydrogen-bond donors (Lipinski definition) is 2. The van der Waals surface area contributed by atoms with E-state index in [4.69, 9.17) is 4.74 Å². The predicted molar refractivity (Wildman–Crippen MR) is 166 cm³/mol. The number of nitrogens with zero attached hydrogens (tertiary/aromatic N) is 2. The van der Waals surface area contributed by atoms with Gasteiger partial charge in [0.1, 0.15) is 0 Å². The molecule has 6 heteroatoms. The number of hydrogen-bond acceptors (Lipinski definition) is 5. The molecule has 1 heterocycles. The molecule has 2 rings (SSSR count). The third-order valence-corrected chi connectivity index (χ3v) is 5.79. The predicted octanol–water partition coefficient (Wildman–Crippen LogP) is 7.68. The fourth-order valence-electron chi connectivity index (χ4n) is 3.86. The summed E-state index contributed by atoms with van der Waals surface area (Å²) in [4.78, 5) is 20.3. The molecule has 0 saturated heterocycles. The van der Waals surface area contributed by atoms with E-state index in [1.807, 2.05) is 59.0 Å². The molecule has 38 heavy (non-hydrogen) atoms. The maximum atomic E-state index is 11.8. The van der Waals surface area contributed by atoms with Crippen LogP contribution in [0, 0.1) is 12.8 Å². The fraction of sp³-hybridized carbons (Fsp3) is 0.531. The van der Waals surface area contributed by atoms with Crippen molar-refractivity contribution < 1.29 is 9.53 Å². The average Bonchev–Trinajstić information content (AvgIpc) is 2.89. The Bertz CT molecular complexity index is 939. The summed E-state index contributed by atoms with van der Waals surface area (Å²) >= 11 is 0. The molecule has 1 aliphatic rings. The molecule has 0 spiro atoms. The first-order valence-corrected chi connectivity index (χ1v) is 14.0. The maximum Gasteiger partial charge on any atom is 0.223 e. The van der Waals surface area contributed by atoms with Crippen LogP contribution < -0.4 is 10.6 Å². The summed E-state index contributed by atoms with van der Waals surface area (Å²) in [6.45, 7) is 20.2. The molecule has 0 bridgehead atoms. The van der Waals surface area contributed by atoms with Crippen LogP contribution in [0.15, 0.2) is 70.5 Å². The lowest BCUT2D eigenvalue weighted by Gasteiger charge is -2.15. The van der Waals surface area contributed by atoms with E-state index in [1.54, 1.807) is 6.20 Å². The number of rotatable bonds is 12. The van der Waals surface area contributed by atoms with Gasteiger partial charge in [0.25, 0.3) is 0 Å². The van der Waals surface area contributed by atoms with Gasteiger partial charge in [-0.25, -0.2) is 0 Å². The number of aryl methyl sites for hydroxylation is 1. The van der Waals surface area contributed by atoms with Crippen molar-refractivity contribution in [1.29, 1.82) is 0 Å². The van der Waals surface area contributed by atoms with Gasteiger partial charge in [-0.3, -0.25) is 14.8 Å². The van der Waals surface area contributed by atoms with Crippen molar-refractivity contribution in [3.63, 3.8) is 0 Å². The highest BCUT2D eigenvalue weighted by molar-refractivity contribution is 6.29. The van der Waals surface area contributed by atoms with Crippen LogP contribution in [-0.2, 0) is 9.53 Å². The molecule has 212 valence electrons. The summed E-state index contributed by atoms with van der Waals surface area (Å²) < 4.78 is 5.22. The number of ether oxygens (including phenoxy) is 1. The summed E-state index contributed by atoms with van der Waals surface area (Å²) in [5, 5.41) is 6.09. The van der Waals surface area contributed by atoms with Gasteiger partial charge >= 0.3 is 0 Å². The van der Waals surface area contributed by atoms with Gasteiger partial charge in [0, 0.05) is 61.6 Å². The standard InChI is InChI=1S/C13H27NO2.C11H14N2.C8H11N/c1-4-8-12(9-5-2)13(15)14-10-7-11-16-6-3;1-5-10-9(4)12-7-6-11(10)13-8(2)3;1-7-5-3-4-6-8(7)9-2/h12H,4-11H2,1-3H3,(H,14,15);5-7H,2H2,1,3-4H3;3-6,9H,1-2H3/b;10-5-,13-11?;. The van der Waals surface area contributed by atoms with Crippen LogP contribution in [0.3, 0.4) is 0 Å². The highest BCUT2D eigenvalue weighted by Gasteiger charge is 2.15. The van der Waals surface area contributed by atoms with Gasteiger partial charge in [0.15, 0.2) is 0 Å². The molecular formula is C32H52N4O2.